The number of allylic oxidation sites excluding steroid dienone is 1. The molecule has 2 aromatic heterocycles. The number of hydrogen-bond acceptors (Lipinski definition) is 4. The van der Waals surface area contributed by atoms with Crippen molar-refractivity contribution in [3.63, 3.8) is 0 Å². The Kier molecular flexibility index (Phi) is 4.86. The number of hydrogen-bond donors (Lipinski definition) is 1. The highest BCUT2D eigenvalue weighted by Crippen LogP contribution is 2.32. The molecular formula is C22H19BrN4. The third-order valence-corrected chi connectivity index (χ3v) is 5.08. The molecule has 4 nitrogen and oxygen atoms in total. The van der Waals surface area contributed by atoms with Crippen LogP contribution in [0.25, 0.3) is 11.3 Å². The van der Waals surface area contributed by atoms with Gasteiger partial charge in [0.1, 0.15) is 0 Å². The van der Waals surface area contributed by atoms with Gasteiger partial charge in [-0.25, -0.2) is 9.97 Å². The summed E-state index contributed by atoms with van der Waals surface area (Å²) >= 11 is 3.50. The first-order valence-electron chi connectivity index (χ1n) is 8.80. The van der Waals surface area contributed by atoms with Crippen molar-refractivity contribution in [3.8, 4) is 0 Å². The maximum atomic E-state index is 4.52. The number of rotatable bonds is 5. The van der Waals surface area contributed by atoms with Crippen LogP contribution in [-0.2, 0) is 6.42 Å². The van der Waals surface area contributed by atoms with Gasteiger partial charge in [-0.15, -0.1) is 0 Å². The van der Waals surface area contributed by atoms with Crippen LogP contribution in [0.5, 0.6) is 0 Å². The second-order valence-corrected chi connectivity index (χ2v) is 7.44. The third kappa shape index (κ3) is 3.69. The van der Waals surface area contributed by atoms with E-state index in [0.717, 1.165) is 33.3 Å². The van der Waals surface area contributed by atoms with Crippen LogP contribution >= 0.6 is 15.9 Å². The molecule has 0 amide bonds. The van der Waals surface area contributed by atoms with Crippen molar-refractivity contribution in [1.29, 1.82) is 0 Å². The summed E-state index contributed by atoms with van der Waals surface area (Å²) in [6.45, 7) is 6.20. The van der Waals surface area contributed by atoms with Crippen LogP contribution in [0.1, 0.15) is 41.2 Å². The Hall–Kier alpha value is -2.79. The summed E-state index contributed by atoms with van der Waals surface area (Å²) < 4.78 is 0.971. The molecule has 1 aromatic carbocycles. The van der Waals surface area contributed by atoms with Gasteiger partial charge >= 0.3 is 0 Å². The first kappa shape index (κ1) is 17.6. The summed E-state index contributed by atoms with van der Waals surface area (Å²) in [6.07, 6.45) is 8.54. The minimum absolute atomic E-state index is 0.134. The average Bonchev–Trinajstić information content (AvgIpc) is 3.11. The van der Waals surface area contributed by atoms with Crippen molar-refractivity contribution in [1.82, 2.24) is 20.3 Å². The van der Waals surface area contributed by atoms with Gasteiger partial charge in [0.15, 0.2) is 5.82 Å². The summed E-state index contributed by atoms with van der Waals surface area (Å²) in [6, 6.07) is 12.5. The van der Waals surface area contributed by atoms with E-state index in [0.29, 0.717) is 11.5 Å². The van der Waals surface area contributed by atoms with E-state index in [-0.39, 0.29) is 6.04 Å². The standard InChI is InChI=1S/C22H19BrN4/c1-14(16-6-4-3-5-7-16)27-15(2)22-25-11-17(12-26-22)19-8-9-21-20(19)10-18(23)13-24-21/h3-8,10-14,27H,2,9H2,1H3/t14-/m0/s1. The smallest absolute Gasteiger partial charge is 0.174 e. The Balaban J connectivity index is 1.50. The van der Waals surface area contributed by atoms with Gasteiger partial charge in [-0.2, -0.15) is 0 Å². The Morgan fingerprint density at radius 1 is 1.11 bits per heavy atom. The third-order valence-electron chi connectivity index (χ3n) is 4.65. The minimum atomic E-state index is 0.134. The molecule has 4 rings (SSSR count). The van der Waals surface area contributed by atoms with E-state index in [1.165, 1.54) is 5.56 Å². The van der Waals surface area contributed by atoms with Crippen molar-refractivity contribution in [3.05, 3.63) is 100 Å². The number of aromatic nitrogens is 3. The molecule has 1 aliphatic rings. The molecule has 0 spiro atoms. The summed E-state index contributed by atoms with van der Waals surface area (Å²) in [5.74, 6) is 0.604. The van der Waals surface area contributed by atoms with Crippen LogP contribution in [-0.4, -0.2) is 15.0 Å². The molecule has 0 unspecified atom stereocenters. The summed E-state index contributed by atoms with van der Waals surface area (Å²) in [4.78, 5) is 13.5. The van der Waals surface area contributed by atoms with E-state index >= 15 is 0 Å². The fourth-order valence-corrected chi connectivity index (χ4v) is 3.55. The first-order valence-corrected chi connectivity index (χ1v) is 9.59. The van der Waals surface area contributed by atoms with Gasteiger partial charge < -0.3 is 5.32 Å². The Morgan fingerprint density at radius 2 is 1.85 bits per heavy atom. The molecule has 0 radical (unpaired) electrons. The lowest BCUT2D eigenvalue weighted by molar-refractivity contribution is 0.696. The van der Waals surface area contributed by atoms with E-state index in [1.807, 2.05) is 36.8 Å². The summed E-state index contributed by atoms with van der Waals surface area (Å²) in [7, 11) is 0. The van der Waals surface area contributed by atoms with E-state index < -0.39 is 0 Å². The Labute approximate surface area is 167 Å². The Bertz CT molecular complexity index is 1010. The monoisotopic (exact) mass is 418 g/mol. The zero-order valence-electron chi connectivity index (χ0n) is 15.0. The SMILES string of the molecule is C=C(N[C@@H](C)c1ccccc1)c1ncc(C2=CCc3ncc(Br)cc32)cn1. The highest BCUT2D eigenvalue weighted by Gasteiger charge is 2.18. The molecule has 5 heteroatoms. The average molecular weight is 419 g/mol. The number of nitrogens with zero attached hydrogens (tertiary/aromatic N) is 3. The molecule has 0 bridgehead atoms. The molecule has 1 N–H and O–H groups in total. The molecule has 0 aliphatic heterocycles. The molecule has 134 valence electrons. The number of benzene rings is 1. The lowest BCUT2D eigenvalue weighted by Crippen LogP contribution is -2.18. The lowest BCUT2D eigenvalue weighted by atomic mass is 10.0. The number of fused-ring (bicyclic) bond motifs is 1. The molecule has 27 heavy (non-hydrogen) atoms. The molecular weight excluding hydrogens is 400 g/mol. The molecule has 1 atom stereocenters. The number of pyridine rings is 1. The van der Waals surface area contributed by atoms with Crippen molar-refractivity contribution < 1.29 is 0 Å². The maximum Gasteiger partial charge on any atom is 0.174 e. The molecule has 3 aromatic rings. The van der Waals surface area contributed by atoms with E-state index in [1.54, 1.807) is 0 Å². The minimum Gasteiger partial charge on any atom is -0.376 e. The van der Waals surface area contributed by atoms with Gasteiger partial charge in [0.25, 0.3) is 0 Å². The van der Waals surface area contributed by atoms with Gasteiger partial charge in [-0.05, 0) is 40.1 Å². The second-order valence-electron chi connectivity index (χ2n) is 6.52. The predicted molar refractivity (Wildman–Crippen MR) is 112 cm³/mol. The molecule has 0 saturated carbocycles. The van der Waals surface area contributed by atoms with Gasteiger partial charge in [0, 0.05) is 46.7 Å². The first-order chi connectivity index (χ1) is 13.1. The predicted octanol–water partition coefficient (Wildman–Crippen LogP) is 4.94. The topological polar surface area (TPSA) is 50.7 Å². The van der Waals surface area contributed by atoms with Gasteiger partial charge in [-0.1, -0.05) is 43.0 Å². The Morgan fingerprint density at radius 3 is 2.59 bits per heavy atom. The van der Waals surface area contributed by atoms with Crippen LogP contribution in [0.4, 0.5) is 0 Å². The van der Waals surface area contributed by atoms with Crippen LogP contribution in [0.15, 0.2) is 72.1 Å². The van der Waals surface area contributed by atoms with Crippen LogP contribution in [0, 0.1) is 0 Å². The summed E-state index contributed by atoms with van der Waals surface area (Å²) in [5, 5.41) is 3.37. The van der Waals surface area contributed by atoms with Gasteiger partial charge in [-0.3, -0.25) is 4.98 Å². The van der Waals surface area contributed by atoms with E-state index in [2.05, 4.69) is 74.0 Å². The molecule has 0 saturated heterocycles. The van der Waals surface area contributed by atoms with Crippen LogP contribution in [0.3, 0.4) is 0 Å². The van der Waals surface area contributed by atoms with E-state index in [4.69, 9.17) is 0 Å². The maximum absolute atomic E-state index is 4.52. The van der Waals surface area contributed by atoms with Crippen molar-refractivity contribution in [2.24, 2.45) is 0 Å². The highest BCUT2D eigenvalue weighted by atomic mass is 79.9. The number of halogens is 1. The van der Waals surface area contributed by atoms with Crippen molar-refractivity contribution in [2.75, 3.05) is 0 Å². The molecule has 2 heterocycles. The van der Waals surface area contributed by atoms with Crippen LogP contribution < -0.4 is 5.32 Å². The number of nitrogens with one attached hydrogen (secondary N) is 1. The van der Waals surface area contributed by atoms with Gasteiger partial charge in [0.05, 0.1) is 11.4 Å². The van der Waals surface area contributed by atoms with Crippen LogP contribution in [0.2, 0.25) is 0 Å². The van der Waals surface area contributed by atoms with Crippen molar-refractivity contribution in [2.45, 2.75) is 19.4 Å². The van der Waals surface area contributed by atoms with Crippen molar-refractivity contribution >= 4 is 27.2 Å². The zero-order valence-corrected chi connectivity index (χ0v) is 16.6. The fourth-order valence-electron chi connectivity index (χ4n) is 3.22. The second kappa shape index (κ2) is 7.45. The lowest BCUT2D eigenvalue weighted by Gasteiger charge is -2.17. The summed E-state index contributed by atoms with van der Waals surface area (Å²) in [5.41, 5.74) is 6.24. The quantitative estimate of drug-likeness (QED) is 0.636. The molecule has 0 fully saturated rings. The van der Waals surface area contributed by atoms with E-state index in [9.17, 15) is 0 Å². The fraction of sp³-hybridized carbons (Fsp3) is 0.136. The zero-order chi connectivity index (χ0) is 18.8. The molecule has 1 aliphatic carbocycles. The normalized spacial score (nSPS) is 13.6. The van der Waals surface area contributed by atoms with Gasteiger partial charge in [0.2, 0.25) is 0 Å². The highest BCUT2D eigenvalue weighted by molar-refractivity contribution is 9.10. The largest absolute Gasteiger partial charge is 0.376 e.